The zero-order valence-electron chi connectivity index (χ0n) is 13.2. The molecule has 0 aliphatic carbocycles. The van der Waals surface area contributed by atoms with Gasteiger partial charge in [-0.05, 0) is 29.1 Å². The average molecular weight is 336 g/mol. The van der Waals surface area contributed by atoms with Crippen molar-refractivity contribution in [2.24, 2.45) is 0 Å². The maximum atomic E-state index is 4.64. The molecule has 3 heterocycles. The number of thiophene rings is 1. The fourth-order valence-corrected chi connectivity index (χ4v) is 3.31. The van der Waals surface area contributed by atoms with Crippen LogP contribution in [-0.4, -0.2) is 24.7 Å². The number of rotatable bonds is 5. The quantitative estimate of drug-likeness (QED) is 0.604. The van der Waals surface area contributed by atoms with Gasteiger partial charge in [0.1, 0.15) is 29.1 Å². The van der Waals surface area contributed by atoms with E-state index < -0.39 is 0 Å². The first-order valence-corrected chi connectivity index (χ1v) is 8.63. The van der Waals surface area contributed by atoms with Crippen LogP contribution in [0.1, 0.15) is 18.3 Å². The highest BCUT2D eigenvalue weighted by Gasteiger charge is 2.08. The summed E-state index contributed by atoms with van der Waals surface area (Å²) in [4.78, 5) is 14.2. The molecule has 24 heavy (non-hydrogen) atoms. The summed E-state index contributed by atoms with van der Waals surface area (Å²) in [7, 11) is 0. The van der Waals surface area contributed by atoms with E-state index in [2.05, 4.69) is 55.9 Å². The lowest BCUT2D eigenvalue weighted by Gasteiger charge is -2.09. The molecule has 0 amide bonds. The molecule has 0 saturated heterocycles. The normalized spacial score (nSPS) is 11.0. The van der Waals surface area contributed by atoms with Crippen molar-refractivity contribution in [3.05, 3.63) is 59.8 Å². The van der Waals surface area contributed by atoms with Crippen molar-refractivity contribution in [3.63, 3.8) is 0 Å². The third-order valence-corrected chi connectivity index (χ3v) is 4.55. The fourth-order valence-electron chi connectivity index (χ4n) is 2.53. The molecule has 0 unspecified atom stereocenters. The Labute approximate surface area is 143 Å². The molecular formula is C17H16N6S. The number of anilines is 1. The molecule has 0 aliphatic rings. The zero-order chi connectivity index (χ0) is 16.4. The summed E-state index contributed by atoms with van der Waals surface area (Å²) >= 11 is 1.64. The topological polar surface area (TPSA) is 68.5 Å². The van der Waals surface area contributed by atoms with Gasteiger partial charge in [0.05, 0.1) is 11.1 Å². The van der Waals surface area contributed by atoms with Crippen LogP contribution in [0.2, 0.25) is 0 Å². The molecule has 4 aromatic rings. The van der Waals surface area contributed by atoms with Gasteiger partial charge in [0.15, 0.2) is 0 Å². The van der Waals surface area contributed by atoms with Crippen LogP contribution in [0.15, 0.2) is 48.4 Å². The number of nitrogens with one attached hydrogen (secondary N) is 1. The highest BCUT2D eigenvalue weighted by Crippen LogP contribution is 2.25. The fraction of sp³-hybridized carbons (Fsp3) is 0.176. The second kappa shape index (κ2) is 6.37. The Balaban J connectivity index is 1.59. The number of fused-ring (bicyclic) bond motifs is 1. The minimum absolute atomic E-state index is 0.688. The van der Waals surface area contributed by atoms with Crippen molar-refractivity contribution in [1.82, 2.24) is 24.7 Å². The summed E-state index contributed by atoms with van der Waals surface area (Å²) in [5, 5.41) is 10.7. The molecule has 7 heteroatoms. The lowest BCUT2D eigenvalue weighted by molar-refractivity contribution is 0.875. The van der Waals surface area contributed by atoms with Crippen LogP contribution in [-0.2, 0) is 13.0 Å². The van der Waals surface area contributed by atoms with Crippen LogP contribution in [0, 0.1) is 0 Å². The Morgan fingerprint density at radius 3 is 3.00 bits per heavy atom. The van der Waals surface area contributed by atoms with Gasteiger partial charge < -0.3 is 5.32 Å². The molecule has 0 atom stereocenters. The van der Waals surface area contributed by atoms with E-state index in [1.54, 1.807) is 22.3 Å². The van der Waals surface area contributed by atoms with E-state index in [4.69, 9.17) is 0 Å². The standard InChI is InChI=1S/C17H16N6S/c1-2-15-21-16(14-6-7-24-17(14)22-15)19-9-12-4-3-5-13(8-12)23-11-18-10-20-23/h3-8,10-11H,2,9H2,1H3,(H,19,21,22). The smallest absolute Gasteiger partial charge is 0.138 e. The van der Waals surface area contributed by atoms with E-state index in [0.717, 1.165) is 39.5 Å². The molecule has 120 valence electrons. The van der Waals surface area contributed by atoms with E-state index in [1.165, 1.54) is 6.33 Å². The second-order valence-electron chi connectivity index (χ2n) is 5.34. The lowest BCUT2D eigenvalue weighted by atomic mass is 10.2. The molecule has 0 spiro atoms. The highest BCUT2D eigenvalue weighted by atomic mass is 32.1. The zero-order valence-corrected chi connectivity index (χ0v) is 14.0. The van der Waals surface area contributed by atoms with Gasteiger partial charge in [-0.2, -0.15) is 5.10 Å². The minimum Gasteiger partial charge on any atom is -0.365 e. The molecule has 4 rings (SSSR count). The van der Waals surface area contributed by atoms with Gasteiger partial charge in [-0.1, -0.05) is 19.1 Å². The predicted octanol–water partition coefficient (Wildman–Crippen LogP) is 3.45. The molecular weight excluding hydrogens is 320 g/mol. The summed E-state index contributed by atoms with van der Waals surface area (Å²) in [5.74, 6) is 1.76. The van der Waals surface area contributed by atoms with Crippen molar-refractivity contribution >= 4 is 27.4 Å². The summed E-state index contributed by atoms with van der Waals surface area (Å²) in [5.41, 5.74) is 2.15. The molecule has 0 saturated carbocycles. The molecule has 0 radical (unpaired) electrons. The second-order valence-corrected chi connectivity index (χ2v) is 6.24. The average Bonchev–Trinajstić information content (AvgIpc) is 3.31. The summed E-state index contributed by atoms with van der Waals surface area (Å²) < 4.78 is 1.75. The van der Waals surface area contributed by atoms with Crippen LogP contribution in [0.4, 0.5) is 5.82 Å². The van der Waals surface area contributed by atoms with Gasteiger partial charge >= 0.3 is 0 Å². The Morgan fingerprint density at radius 2 is 2.17 bits per heavy atom. The van der Waals surface area contributed by atoms with Crippen molar-refractivity contribution in [3.8, 4) is 5.69 Å². The number of aryl methyl sites for hydroxylation is 1. The highest BCUT2D eigenvalue weighted by molar-refractivity contribution is 7.16. The van der Waals surface area contributed by atoms with E-state index in [1.807, 2.05) is 12.1 Å². The summed E-state index contributed by atoms with van der Waals surface area (Å²) in [6.07, 6.45) is 4.05. The molecule has 0 aliphatic heterocycles. The molecule has 0 bridgehead atoms. The molecule has 1 N–H and O–H groups in total. The van der Waals surface area contributed by atoms with Crippen LogP contribution < -0.4 is 5.32 Å². The first kappa shape index (κ1) is 14.8. The van der Waals surface area contributed by atoms with Crippen LogP contribution in [0.5, 0.6) is 0 Å². The Hall–Kier alpha value is -2.80. The molecule has 6 nitrogen and oxygen atoms in total. The number of hydrogen-bond donors (Lipinski definition) is 1. The number of nitrogens with zero attached hydrogens (tertiary/aromatic N) is 5. The van der Waals surface area contributed by atoms with Gasteiger partial charge in [-0.15, -0.1) is 11.3 Å². The van der Waals surface area contributed by atoms with E-state index in [0.29, 0.717) is 6.54 Å². The Morgan fingerprint density at radius 1 is 1.21 bits per heavy atom. The van der Waals surface area contributed by atoms with Crippen LogP contribution in [0.3, 0.4) is 0 Å². The number of aromatic nitrogens is 5. The molecule has 0 fully saturated rings. The van der Waals surface area contributed by atoms with Crippen molar-refractivity contribution in [2.75, 3.05) is 5.32 Å². The summed E-state index contributed by atoms with van der Waals surface area (Å²) in [6, 6.07) is 10.3. The molecule has 3 aromatic heterocycles. The van der Waals surface area contributed by atoms with Gasteiger partial charge in [0.25, 0.3) is 0 Å². The van der Waals surface area contributed by atoms with E-state index in [9.17, 15) is 0 Å². The maximum absolute atomic E-state index is 4.64. The SMILES string of the molecule is CCc1nc(NCc2cccc(-n3cncn3)c2)c2ccsc2n1. The lowest BCUT2D eigenvalue weighted by Crippen LogP contribution is -2.05. The van der Waals surface area contributed by atoms with Gasteiger partial charge in [0.2, 0.25) is 0 Å². The van der Waals surface area contributed by atoms with Crippen molar-refractivity contribution in [2.45, 2.75) is 19.9 Å². The Bertz CT molecular complexity index is 960. The monoisotopic (exact) mass is 336 g/mol. The van der Waals surface area contributed by atoms with Crippen LogP contribution >= 0.6 is 11.3 Å². The third kappa shape index (κ3) is 2.85. The largest absolute Gasteiger partial charge is 0.365 e. The van der Waals surface area contributed by atoms with Gasteiger partial charge in [-0.25, -0.2) is 19.6 Å². The van der Waals surface area contributed by atoms with Crippen LogP contribution in [0.25, 0.3) is 15.9 Å². The van der Waals surface area contributed by atoms with Crippen molar-refractivity contribution < 1.29 is 0 Å². The number of hydrogen-bond acceptors (Lipinski definition) is 6. The van der Waals surface area contributed by atoms with Crippen molar-refractivity contribution in [1.29, 1.82) is 0 Å². The Kier molecular flexibility index (Phi) is 3.92. The van der Waals surface area contributed by atoms with Gasteiger partial charge in [-0.3, -0.25) is 0 Å². The summed E-state index contributed by atoms with van der Waals surface area (Å²) in [6.45, 7) is 2.76. The van der Waals surface area contributed by atoms with E-state index in [-0.39, 0.29) is 0 Å². The number of benzene rings is 1. The first-order valence-electron chi connectivity index (χ1n) is 7.75. The first-order chi connectivity index (χ1) is 11.8. The minimum atomic E-state index is 0.688. The molecule has 1 aromatic carbocycles. The maximum Gasteiger partial charge on any atom is 0.138 e. The van der Waals surface area contributed by atoms with E-state index >= 15 is 0 Å². The third-order valence-electron chi connectivity index (χ3n) is 3.74. The predicted molar refractivity (Wildman–Crippen MR) is 95.5 cm³/mol. The van der Waals surface area contributed by atoms with Gasteiger partial charge in [0, 0.05) is 13.0 Å².